The van der Waals surface area contributed by atoms with E-state index in [1.165, 1.54) is 28.9 Å². The molecule has 10 heteroatoms. The average Bonchev–Trinajstić information content (AvgIpc) is 2.96. The molecule has 1 atom stereocenters. The lowest BCUT2D eigenvalue weighted by molar-refractivity contribution is -0.122. The van der Waals surface area contributed by atoms with Crippen molar-refractivity contribution < 1.29 is 18.0 Å². The number of hydrogen-bond donors (Lipinski definition) is 3. The Kier molecular flexibility index (Phi) is 6.92. The number of aromatic nitrogens is 2. The second-order valence-electron chi connectivity index (χ2n) is 6.54. The number of rotatable bonds is 7. The lowest BCUT2D eigenvalue weighted by Gasteiger charge is -2.12. The standard InChI is InChI=1S/C18H25N5O4S/c1-5-12(2)22-28(26,27)16-8-6-15(7-9-16)18(25)20-19-17(24)11-23-14(4)10-13(3)21-23/h6-10,12,22H,5,11H2,1-4H3,(H,19,24)(H,20,25). The molecule has 0 saturated heterocycles. The molecule has 3 N–H and O–H groups in total. The molecule has 28 heavy (non-hydrogen) atoms. The highest BCUT2D eigenvalue weighted by atomic mass is 32.2. The van der Waals surface area contributed by atoms with Crippen molar-refractivity contribution in [3.05, 3.63) is 47.3 Å². The molecule has 1 aromatic carbocycles. The number of sulfonamides is 1. The number of hydrogen-bond acceptors (Lipinski definition) is 5. The summed E-state index contributed by atoms with van der Waals surface area (Å²) in [5.74, 6) is -0.989. The summed E-state index contributed by atoms with van der Waals surface area (Å²) in [6.45, 7) is 7.28. The first-order valence-electron chi connectivity index (χ1n) is 8.85. The molecule has 0 bridgehead atoms. The fourth-order valence-electron chi connectivity index (χ4n) is 2.41. The Bertz CT molecular complexity index is 951. The molecule has 1 heterocycles. The molecule has 0 aliphatic heterocycles. The molecule has 152 valence electrons. The van der Waals surface area contributed by atoms with Gasteiger partial charge >= 0.3 is 0 Å². The molecular formula is C18H25N5O4S. The third kappa shape index (κ3) is 5.64. The topological polar surface area (TPSA) is 122 Å². The smallest absolute Gasteiger partial charge is 0.269 e. The fraction of sp³-hybridized carbons (Fsp3) is 0.389. The van der Waals surface area contributed by atoms with Gasteiger partial charge < -0.3 is 0 Å². The van der Waals surface area contributed by atoms with Crippen molar-refractivity contribution in [2.75, 3.05) is 0 Å². The molecule has 2 aromatic rings. The molecule has 1 unspecified atom stereocenters. The second kappa shape index (κ2) is 8.98. The predicted molar refractivity (Wildman–Crippen MR) is 104 cm³/mol. The van der Waals surface area contributed by atoms with Crippen molar-refractivity contribution in [3.8, 4) is 0 Å². The SMILES string of the molecule is CCC(C)NS(=O)(=O)c1ccc(C(=O)NNC(=O)Cn2nc(C)cc2C)cc1. The number of hydrazine groups is 1. The largest absolute Gasteiger partial charge is 0.271 e. The first-order chi connectivity index (χ1) is 13.1. The minimum absolute atomic E-state index is 0.0293. The predicted octanol–water partition coefficient (Wildman–Crippen LogP) is 1.04. The van der Waals surface area contributed by atoms with Gasteiger partial charge in [0, 0.05) is 17.3 Å². The zero-order valence-electron chi connectivity index (χ0n) is 16.3. The Hall–Kier alpha value is -2.72. The van der Waals surface area contributed by atoms with E-state index in [1.54, 1.807) is 6.92 Å². The first kappa shape index (κ1) is 21.6. The van der Waals surface area contributed by atoms with Crippen molar-refractivity contribution in [3.63, 3.8) is 0 Å². The molecule has 0 fully saturated rings. The van der Waals surface area contributed by atoms with Crippen LogP contribution in [0.4, 0.5) is 0 Å². The summed E-state index contributed by atoms with van der Waals surface area (Å²) in [4.78, 5) is 24.2. The van der Waals surface area contributed by atoms with Crippen molar-refractivity contribution in [1.82, 2.24) is 25.4 Å². The van der Waals surface area contributed by atoms with Gasteiger partial charge in [0.1, 0.15) is 6.54 Å². The van der Waals surface area contributed by atoms with Crippen LogP contribution in [-0.2, 0) is 21.4 Å². The van der Waals surface area contributed by atoms with E-state index in [0.29, 0.717) is 6.42 Å². The van der Waals surface area contributed by atoms with Gasteiger partial charge in [-0.3, -0.25) is 25.1 Å². The summed E-state index contributed by atoms with van der Waals surface area (Å²) in [6.07, 6.45) is 0.664. The van der Waals surface area contributed by atoms with Crippen LogP contribution in [0.1, 0.15) is 42.0 Å². The van der Waals surface area contributed by atoms with Gasteiger partial charge in [0.25, 0.3) is 11.8 Å². The molecule has 0 aliphatic rings. The van der Waals surface area contributed by atoms with E-state index in [-0.39, 0.29) is 23.0 Å². The van der Waals surface area contributed by atoms with Gasteiger partial charge in [-0.15, -0.1) is 0 Å². The summed E-state index contributed by atoms with van der Waals surface area (Å²) < 4.78 is 28.5. The van der Waals surface area contributed by atoms with E-state index in [4.69, 9.17) is 0 Å². The monoisotopic (exact) mass is 407 g/mol. The first-order valence-corrected chi connectivity index (χ1v) is 10.3. The van der Waals surface area contributed by atoms with Crippen LogP contribution in [0, 0.1) is 13.8 Å². The maximum absolute atomic E-state index is 12.2. The molecule has 2 amide bonds. The number of aryl methyl sites for hydroxylation is 2. The maximum atomic E-state index is 12.2. The van der Waals surface area contributed by atoms with Crippen LogP contribution in [0.2, 0.25) is 0 Å². The van der Waals surface area contributed by atoms with Crippen LogP contribution in [-0.4, -0.2) is 36.1 Å². The zero-order chi connectivity index (χ0) is 20.9. The van der Waals surface area contributed by atoms with E-state index >= 15 is 0 Å². The molecule has 0 spiro atoms. The number of benzene rings is 1. The van der Waals surface area contributed by atoms with Gasteiger partial charge in [0.05, 0.1) is 10.6 Å². The highest BCUT2D eigenvalue weighted by molar-refractivity contribution is 7.89. The molecule has 0 radical (unpaired) electrons. The Morgan fingerprint density at radius 3 is 2.32 bits per heavy atom. The Morgan fingerprint density at radius 2 is 1.79 bits per heavy atom. The van der Waals surface area contributed by atoms with Crippen LogP contribution in [0.5, 0.6) is 0 Å². The Balaban J connectivity index is 1.94. The van der Waals surface area contributed by atoms with E-state index in [2.05, 4.69) is 20.7 Å². The third-order valence-electron chi connectivity index (χ3n) is 4.11. The highest BCUT2D eigenvalue weighted by Gasteiger charge is 2.17. The van der Waals surface area contributed by atoms with Gasteiger partial charge in [-0.2, -0.15) is 5.10 Å². The van der Waals surface area contributed by atoms with Crippen LogP contribution < -0.4 is 15.6 Å². The number of nitrogens with one attached hydrogen (secondary N) is 3. The number of carbonyl (C=O) groups excluding carboxylic acids is 2. The van der Waals surface area contributed by atoms with E-state index in [0.717, 1.165) is 11.4 Å². The average molecular weight is 407 g/mol. The number of nitrogens with zero attached hydrogens (tertiary/aromatic N) is 2. The van der Waals surface area contributed by atoms with Crippen molar-refractivity contribution in [2.24, 2.45) is 0 Å². The summed E-state index contributed by atoms with van der Waals surface area (Å²) in [6, 6.07) is 7.11. The normalized spacial score (nSPS) is 12.4. The van der Waals surface area contributed by atoms with Gasteiger partial charge in [-0.05, 0) is 57.5 Å². The van der Waals surface area contributed by atoms with Crippen LogP contribution >= 0.6 is 0 Å². The summed E-state index contributed by atoms with van der Waals surface area (Å²) in [5.41, 5.74) is 6.46. The molecule has 1 aromatic heterocycles. The zero-order valence-corrected chi connectivity index (χ0v) is 17.1. The second-order valence-corrected chi connectivity index (χ2v) is 8.26. The van der Waals surface area contributed by atoms with Crippen LogP contribution in [0.3, 0.4) is 0 Å². The minimum atomic E-state index is -3.64. The Morgan fingerprint density at radius 1 is 1.14 bits per heavy atom. The molecule has 0 aliphatic carbocycles. The van der Waals surface area contributed by atoms with Crippen LogP contribution in [0.15, 0.2) is 35.2 Å². The Labute approximate surface area is 164 Å². The third-order valence-corrected chi connectivity index (χ3v) is 5.71. The highest BCUT2D eigenvalue weighted by Crippen LogP contribution is 2.11. The van der Waals surface area contributed by atoms with Crippen molar-refractivity contribution >= 4 is 21.8 Å². The maximum Gasteiger partial charge on any atom is 0.269 e. The number of carbonyl (C=O) groups is 2. The van der Waals surface area contributed by atoms with Gasteiger partial charge in [-0.1, -0.05) is 6.92 Å². The van der Waals surface area contributed by atoms with Crippen LogP contribution in [0.25, 0.3) is 0 Å². The lowest BCUT2D eigenvalue weighted by atomic mass is 10.2. The van der Waals surface area contributed by atoms with E-state index in [9.17, 15) is 18.0 Å². The number of amides is 2. The van der Waals surface area contributed by atoms with Crippen molar-refractivity contribution in [2.45, 2.75) is 51.6 Å². The quantitative estimate of drug-likeness (QED) is 0.592. The molecular weight excluding hydrogens is 382 g/mol. The molecule has 9 nitrogen and oxygen atoms in total. The molecule has 0 saturated carbocycles. The summed E-state index contributed by atoms with van der Waals surface area (Å²) >= 11 is 0. The van der Waals surface area contributed by atoms with Gasteiger partial charge in [-0.25, -0.2) is 13.1 Å². The molecule has 2 rings (SSSR count). The summed E-state index contributed by atoms with van der Waals surface area (Å²) in [5, 5.41) is 4.17. The summed E-state index contributed by atoms with van der Waals surface area (Å²) in [7, 11) is -3.64. The van der Waals surface area contributed by atoms with Gasteiger partial charge in [0.15, 0.2) is 0 Å². The van der Waals surface area contributed by atoms with Crippen molar-refractivity contribution in [1.29, 1.82) is 0 Å². The lowest BCUT2D eigenvalue weighted by Crippen LogP contribution is -2.43. The fourth-order valence-corrected chi connectivity index (χ4v) is 3.74. The minimum Gasteiger partial charge on any atom is -0.271 e. The van der Waals surface area contributed by atoms with E-state index in [1.807, 2.05) is 26.8 Å². The van der Waals surface area contributed by atoms with E-state index < -0.39 is 21.8 Å². The van der Waals surface area contributed by atoms with Gasteiger partial charge in [0.2, 0.25) is 10.0 Å².